The summed E-state index contributed by atoms with van der Waals surface area (Å²) in [5.41, 5.74) is 1.71. The second kappa shape index (κ2) is 10.0. The summed E-state index contributed by atoms with van der Waals surface area (Å²) in [5.74, 6) is -0.438. The Balaban J connectivity index is 1.87. The number of aliphatic imine (C=N–C) groups is 2. The van der Waals surface area contributed by atoms with Gasteiger partial charge in [-0.15, -0.1) is 0 Å². The first-order chi connectivity index (χ1) is 15.3. The summed E-state index contributed by atoms with van der Waals surface area (Å²) in [5, 5.41) is 20.1. The molecule has 0 aliphatic rings. The van der Waals surface area contributed by atoms with Gasteiger partial charge >= 0.3 is 11.9 Å². The number of aromatic hydroxyl groups is 2. The van der Waals surface area contributed by atoms with Gasteiger partial charge in [-0.05, 0) is 48.5 Å². The van der Waals surface area contributed by atoms with Gasteiger partial charge in [0, 0.05) is 37.4 Å². The highest BCUT2D eigenvalue weighted by Gasteiger charge is 2.06. The molecule has 0 aromatic heterocycles. The third-order valence-electron chi connectivity index (χ3n) is 4.09. The average molecular weight is 432 g/mol. The lowest BCUT2D eigenvalue weighted by atomic mass is 10.2. The maximum atomic E-state index is 11.1. The minimum Gasteiger partial charge on any atom is -0.507 e. The van der Waals surface area contributed by atoms with Crippen LogP contribution >= 0.6 is 0 Å². The molecule has 0 aliphatic carbocycles. The monoisotopic (exact) mass is 432 g/mol. The first-order valence-electron chi connectivity index (χ1n) is 9.52. The number of rotatable bonds is 6. The van der Waals surface area contributed by atoms with Gasteiger partial charge in [-0.2, -0.15) is 0 Å². The number of hydrogen-bond donors (Lipinski definition) is 2. The first-order valence-corrected chi connectivity index (χ1v) is 9.52. The summed E-state index contributed by atoms with van der Waals surface area (Å²) < 4.78 is 10.1. The Hall–Kier alpha value is -4.46. The van der Waals surface area contributed by atoms with Crippen LogP contribution in [0.1, 0.15) is 25.0 Å². The Labute approximate surface area is 184 Å². The van der Waals surface area contributed by atoms with Gasteiger partial charge in [-0.3, -0.25) is 19.6 Å². The highest BCUT2D eigenvalue weighted by atomic mass is 16.5. The van der Waals surface area contributed by atoms with Crippen LogP contribution < -0.4 is 9.47 Å². The summed E-state index contributed by atoms with van der Waals surface area (Å²) in [6.45, 7) is 2.57. The summed E-state index contributed by atoms with van der Waals surface area (Å²) in [4.78, 5) is 31.0. The Bertz CT molecular complexity index is 1120. The van der Waals surface area contributed by atoms with E-state index >= 15 is 0 Å². The first kappa shape index (κ1) is 22.2. The van der Waals surface area contributed by atoms with E-state index in [0.717, 1.165) is 0 Å². The van der Waals surface area contributed by atoms with Crippen LogP contribution in [0.15, 0.2) is 70.6 Å². The Morgan fingerprint density at radius 3 is 1.50 bits per heavy atom. The Kier molecular flexibility index (Phi) is 6.97. The number of carbonyl (C=O) groups excluding carboxylic acids is 2. The average Bonchev–Trinajstić information content (AvgIpc) is 2.74. The van der Waals surface area contributed by atoms with Gasteiger partial charge in [-0.1, -0.05) is 12.1 Å². The van der Waals surface area contributed by atoms with Crippen molar-refractivity contribution < 1.29 is 29.3 Å². The van der Waals surface area contributed by atoms with E-state index in [1.807, 2.05) is 0 Å². The van der Waals surface area contributed by atoms with Crippen molar-refractivity contribution in [1.29, 1.82) is 0 Å². The van der Waals surface area contributed by atoms with Gasteiger partial charge < -0.3 is 19.7 Å². The van der Waals surface area contributed by atoms with Crippen molar-refractivity contribution in [2.75, 3.05) is 0 Å². The van der Waals surface area contributed by atoms with E-state index in [1.165, 1.54) is 62.7 Å². The molecule has 0 bridgehead atoms. The Morgan fingerprint density at radius 2 is 1.12 bits per heavy atom. The second-order valence-electron chi connectivity index (χ2n) is 6.63. The Morgan fingerprint density at radius 1 is 0.719 bits per heavy atom. The zero-order valence-corrected chi connectivity index (χ0v) is 17.4. The van der Waals surface area contributed by atoms with Crippen molar-refractivity contribution in [3.63, 3.8) is 0 Å². The topological polar surface area (TPSA) is 118 Å². The van der Waals surface area contributed by atoms with Crippen molar-refractivity contribution in [1.82, 2.24) is 0 Å². The van der Waals surface area contributed by atoms with Crippen molar-refractivity contribution in [3.05, 3.63) is 71.8 Å². The highest BCUT2D eigenvalue weighted by molar-refractivity contribution is 5.90. The van der Waals surface area contributed by atoms with Crippen molar-refractivity contribution in [2.24, 2.45) is 9.98 Å². The lowest BCUT2D eigenvalue weighted by Gasteiger charge is -2.05. The van der Waals surface area contributed by atoms with E-state index in [9.17, 15) is 19.8 Å². The maximum absolute atomic E-state index is 11.1. The summed E-state index contributed by atoms with van der Waals surface area (Å²) in [6, 6.07) is 15.8. The quantitative estimate of drug-likeness (QED) is 0.338. The zero-order valence-electron chi connectivity index (χ0n) is 17.4. The molecule has 3 rings (SSSR count). The summed E-state index contributed by atoms with van der Waals surface area (Å²) in [6.07, 6.45) is 2.85. The molecule has 3 aromatic rings. The van der Waals surface area contributed by atoms with Crippen LogP contribution in [-0.4, -0.2) is 34.6 Å². The van der Waals surface area contributed by atoms with E-state index in [4.69, 9.17) is 9.47 Å². The molecule has 0 spiro atoms. The molecule has 8 nitrogen and oxygen atoms in total. The predicted octanol–water partition coefficient (Wildman–Crippen LogP) is 4.45. The number of carbonyl (C=O) groups is 2. The zero-order chi connectivity index (χ0) is 23.1. The minimum atomic E-state index is -0.473. The molecule has 0 saturated heterocycles. The van der Waals surface area contributed by atoms with E-state index in [2.05, 4.69) is 9.98 Å². The van der Waals surface area contributed by atoms with Crippen LogP contribution in [-0.2, 0) is 9.59 Å². The van der Waals surface area contributed by atoms with E-state index < -0.39 is 11.9 Å². The third-order valence-corrected chi connectivity index (χ3v) is 4.09. The number of phenolic OH excluding ortho intramolecular Hbond substituents is 2. The van der Waals surface area contributed by atoms with Gasteiger partial charge in [0.15, 0.2) is 0 Å². The smallest absolute Gasteiger partial charge is 0.308 e. The molecule has 0 radical (unpaired) electrons. The van der Waals surface area contributed by atoms with Crippen LogP contribution in [0.5, 0.6) is 23.0 Å². The molecule has 32 heavy (non-hydrogen) atoms. The maximum Gasteiger partial charge on any atom is 0.308 e. The number of phenols is 2. The van der Waals surface area contributed by atoms with E-state index in [0.29, 0.717) is 22.5 Å². The fourth-order valence-electron chi connectivity index (χ4n) is 2.69. The minimum absolute atomic E-state index is 0.0298. The standard InChI is InChI=1S/C24H20N2O6/c1-15(27)31-19-7-9-23(29)17(11-19)13-25-21-5-3-4-6-22(21)26-14-18-12-20(32-16(2)28)8-10-24(18)30/h3-14,29-30H,1-2H3. The molecule has 0 aliphatic heterocycles. The molecular weight excluding hydrogens is 412 g/mol. The molecule has 0 atom stereocenters. The van der Waals surface area contributed by atoms with Crippen LogP contribution in [0.2, 0.25) is 0 Å². The molecule has 0 unspecified atom stereocenters. The number of hydrogen-bond acceptors (Lipinski definition) is 8. The lowest BCUT2D eigenvalue weighted by Crippen LogP contribution is -2.01. The highest BCUT2D eigenvalue weighted by Crippen LogP contribution is 2.29. The number of esters is 2. The largest absolute Gasteiger partial charge is 0.507 e. The molecule has 8 heteroatoms. The molecule has 0 fully saturated rings. The fraction of sp³-hybridized carbons (Fsp3) is 0.0833. The normalized spacial score (nSPS) is 11.1. The van der Waals surface area contributed by atoms with Crippen LogP contribution in [0, 0.1) is 0 Å². The van der Waals surface area contributed by atoms with Crippen LogP contribution in [0.3, 0.4) is 0 Å². The number of para-hydroxylation sites is 2. The SMILES string of the molecule is CC(=O)Oc1ccc(O)c(C=Nc2ccccc2N=Cc2cc(OC(C)=O)ccc2O)c1. The van der Waals surface area contributed by atoms with Crippen molar-refractivity contribution in [3.8, 4) is 23.0 Å². The van der Waals surface area contributed by atoms with Gasteiger partial charge in [0.2, 0.25) is 0 Å². The second-order valence-corrected chi connectivity index (χ2v) is 6.63. The number of ether oxygens (including phenoxy) is 2. The number of nitrogens with zero attached hydrogens (tertiary/aromatic N) is 2. The predicted molar refractivity (Wildman–Crippen MR) is 120 cm³/mol. The van der Waals surface area contributed by atoms with Crippen molar-refractivity contribution in [2.45, 2.75) is 13.8 Å². The molecule has 2 N–H and O–H groups in total. The third kappa shape index (κ3) is 6.02. The lowest BCUT2D eigenvalue weighted by molar-refractivity contribution is -0.132. The summed E-state index contributed by atoms with van der Waals surface area (Å²) in [7, 11) is 0. The number of benzene rings is 3. The molecular formula is C24H20N2O6. The molecule has 0 saturated carbocycles. The fourth-order valence-corrected chi connectivity index (χ4v) is 2.69. The van der Waals surface area contributed by atoms with Gasteiger partial charge in [0.25, 0.3) is 0 Å². The van der Waals surface area contributed by atoms with E-state index in [-0.39, 0.29) is 23.0 Å². The van der Waals surface area contributed by atoms with E-state index in [1.54, 1.807) is 24.3 Å². The van der Waals surface area contributed by atoms with Gasteiger partial charge in [0.05, 0.1) is 11.4 Å². The van der Waals surface area contributed by atoms with Crippen molar-refractivity contribution >= 4 is 35.7 Å². The summed E-state index contributed by atoms with van der Waals surface area (Å²) >= 11 is 0. The molecule has 162 valence electrons. The molecule has 0 amide bonds. The van der Waals surface area contributed by atoms with Gasteiger partial charge in [-0.25, -0.2) is 0 Å². The molecule has 3 aromatic carbocycles. The van der Waals surface area contributed by atoms with Crippen LogP contribution in [0.25, 0.3) is 0 Å². The van der Waals surface area contributed by atoms with Gasteiger partial charge in [0.1, 0.15) is 23.0 Å². The molecule has 0 heterocycles. The van der Waals surface area contributed by atoms with Crippen LogP contribution in [0.4, 0.5) is 11.4 Å².